The zero-order valence-corrected chi connectivity index (χ0v) is 12.2. The zero-order valence-electron chi connectivity index (χ0n) is 12.2. The molecule has 1 aromatic heterocycles. The van der Waals surface area contributed by atoms with E-state index in [0.717, 1.165) is 10.7 Å². The molecule has 0 saturated heterocycles. The van der Waals surface area contributed by atoms with Gasteiger partial charge in [0, 0.05) is 0 Å². The standard InChI is InChI=1S/C16H12FN3O3/c1-23-15-7-6-10(17)8-12(15)14(21)9-20-16(22)11-4-2-3-5-13(11)18-19-20/h2-8H,9H2,1H3. The van der Waals surface area contributed by atoms with Gasteiger partial charge in [-0.25, -0.2) is 9.07 Å². The van der Waals surface area contributed by atoms with Gasteiger partial charge in [0.15, 0.2) is 5.78 Å². The van der Waals surface area contributed by atoms with Gasteiger partial charge in [-0.15, -0.1) is 5.10 Å². The lowest BCUT2D eigenvalue weighted by Gasteiger charge is -2.08. The predicted molar refractivity (Wildman–Crippen MR) is 81.1 cm³/mol. The molecule has 0 aliphatic heterocycles. The molecule has 2 aromatic carbocycles. The van der Waals surface area contributed by atoms with Crippen LogP contribution in [-0.4, -0.2) is 27.9 Å². The Kier molecular flexibility index (Phi) is 3.84. The number of fused-ring (bicyclic) bond motifs is 1. The van der Waals surface area contributed by atoms with Gasteiger partial charge in [0.1, 0.15) is 23.6 Å². The molecule has 0 amide bonds. The molecule has 0 N–H and O–H groups in total. The lowest BCUT2D eigenvalue weighted by Crippen LogP contribution is -2.28. The number of nitrogens with zero attached hydrogens (tertiary/aromatic N) is 3. The van der Waals surface area contributed by atoms with Crippen LogP contribution in [0.4, 0.5) is 4.39 Å². The molecule has 0 aliphatic rings. The second-order valence-electron chi connectivity index (χ2n) is 4.84. The van der Waals surface area contributed by atoms with Crippen molar-refractivity contribution in [2.45, 2.75) is 6.54 Å². The van der Waals surface area contributed by atoms with E-state index in [2.05, 4.69) is 10.3 Å². The summed E-state index contributed by atoms with van der Waals surface area (Å²) in [4.78, 5) is 24.7. The number of Topliss-reactive ketones (excluding diaryl/α,β-unsaturated/α-hetero) is 1. The van der Waals surface area contributed by atoms with E-state index in [-0.39, 0.29) is 17.9 Å². The van der Waals surface area contributed by atoms with Gasteiger partial charge in [0.25, 0.3) is 5.56 Å². The number of hydrogen-bond acceptors (Lipinski definition) is 5. The fourth-order valence-corrected chi connectivity index (χ4v) is 2.25. The minimum Gasteiger partial charge on any atom is -0.496 e. The summed E-state index contributed by atoms with van der Waals surface area (Å²) in [5.74, 6) is -0.822. The van der Waals surface area contributed by atoms with Gasteiger partial charge in [-0.2, -0.15) is 0 Å². The van der Waals surface area contributed by atoms with E-state index in [1.165, 1.54) is 19.2 Å². The van der Waals surface area contributed by atoms with Crippen molar-refractivity contribution in [3.05, 3.63) is 64.2 Å². The van der Waals surface area contributed by atoms with Crippen molar-refractivity contribution in [1.82, 2.24) is 15.0 Å². The highest BCUT2D eigenvalue weighted by atomic mass is 19.1. The first-order valence-electron chi connectivity index (χ1n) is 6.79. The molecule has 0 saturated carbocycles. The first-order chi connectivity index (χ1) is 11.1. The fraction of sp³-hybridized carbons (Fsp3) is 0.125. The second kappa shape index (κ2) is 5.96. The number of ketones is 1. The Balaban J connectivity index is 1.99. The Morgan fingerprint density at radius 1 is 1.26 bits per heavy atom. The molecule has 3 aromatic rings. The van der Waals surface area contributed by atoms with Gasteiger partial charge in [0.2, 0.25) is 0 Å². The van der Waals surface area contributed by atoms with Crippen molar-refractivity contribution >= 4 is 16.7 Å². The van der Waals surface area contributed by atoms with Crippen LogP contribution < -0.4 is 10.3 Å². The van der Waals surface area contributed by atoms with Crippen molar-refractivity contribution in [2.75, 3.05) is 7.11 Å². The average molecular weight is 313 g/mol. The molecule has 6 nitrogen and oxygen atoms in total. The lowest BCUT2D eigenvalue weighted by atomic mass is 10.1. The molecular weight excluding hydrogens is 301 g/mol. The van der Waals surface area contributed by atoms with Gasteiger partial charge in [-0.05, 0) is 30.3 Å². The fourth-order valence-electron chi connectivity index (χ4n) is 2.25. The Morgan fingerprint density at radius 2 is 2.04 bits per heavy atom. The number of hydrogen-bond donors (Lipinski definition) is 0. The Labute approximate surface area is 130 Å². The van der Waals surface area contributed by atoms with Crippen LogP contribution in [-0.2, 0) is 6.54 Å². The molecular formula is C16H12FN3O3. The predicted octanol–water partition coefficient (Wildman–Crippen LogP) is 1.82. The smallest absolute Gasteiger partial charge is 0.278 e. The monoisotopic (exact) mass is 313 g/mol. The lowest BCUT2D eigenvalue weighted by molar-refractivity contribution is 0.0961. The minimum absolute atomic E-state index is 0.0503. The first-order valence-corrected chi connectivity index (χ1v) is 6.79. The molecule has 0 aliphatic carbocycles. The number of aromatic nitrogens is 3. The third-order valence-electron chi connectivity index (χ3n) is 3.38. The van der Waals surface area contributed by atoms with Crippen molar-refractivity contribution in [3.63, 3.8) is 0 Å². The number of methoxy groups -OCH3 is 1. The summed E-state index contributed by atoms with van der Waals surface area (Å²) in [6.45, 7) is -0.351. The molecule has 23 heavy (non-hydrogen) atoms. The Bertz CT molecular complexity index is 953. The van der Waals surface area contributed by atoms with E-state index in [4.69, 9.17) is 4.74 Å². The van der Waals surface area contributed by atoms with Crippen molar-refractivity contribution in [1.29, 1.82) is 0 Å². The molecule has 1 heterocycles. The highest BCUT2D eigenvalue weighted by Gasteiger charge is 2.16. The van der Waals surface area contributed by atoms with Gasteiger partial charge < -0.3 is 4.74 Å². The largest absolute Gasteiger partial charge is 0.496 e. The van der Waals surface area contributed by atoms with Crippen molar-refractivity contribution in [2.24, 2.45) is 0 Å². The van der Waals surface area contributed by atoms with E-state index in [1.54, 1.807) is 24.3 Å². The molecule has 0 spiro atoms. The molecule has 0 bridgehead atoms. The average Bonchev–Trinajstić information content (AvgIpc) is 2.57. The third-order valence-corrected chi connectivity index (χ3v) is 3.38. The maximum atomic E-state index is 13.4. The summed E-state index contributed by atoms with van der Waals surface area (Å²) >= 11 is 0. The van der Waals surface area contributed by atoms with Crippen LogP contribution in [0.3, 0.4) is 0 Å². The number of ether oxygens (including phenoxy) is 1. The van der Waals surface area contributed by atoms with E-state index in [0.29, 0.717) is 10.9 Å². The van der Waals surface area contributed by atoms with E-state index in [1.807, 2.05) is 0 Å². The van der Waals surface area contributed by atoms with Gasteiger partial charge >= 0.3 is 0 Å². The highest BCUT2D eigenvalue weighted by molar-refractivity contribution is 5.98. The Hall–Kier alpha value is -3.09. The summed E-state index contributed by atoms with van der Waals surface area (Å²) in [6.07, 6.45) is 0. The van der Waals surface area contributed by atoms with Crippen LogP contribution in [0.1, 0.15) is 10.4 Å². The highest BCUT2D eigenvalue weighted by Crippen LogP contribution is 2.20. The van der Waals surface area contributed by atoms with Crippen molar-refractivity contribution in [3.8, 4) is 5.75 Å². The van der Waals surface area contributed by atoms with Gasteiger partial charge in [-0.3, -0.25) is 9.59 Å². The van der Waals surface area contributed by atoms with Crippen LogP contribution >= 0.6 is 0 Å². The van der Waals surface area contributed by atoms with E-state index < -0.39 is 17.2 Å². The third kappa shape index (κ3) is 2.80. The van der Waals surface area contributed by atoms with Gasteiger partial charge in [0.05, 0.1) is 18.1 Å². The minimum atomic E-state index is -0.564. The molecule has 0 atom stereocenters. The summed E-state index contributed by atoms with van der Waals surface area (Å²) in [6, 6.07) is 10.3. The second-order valence-corrected chi connectivity index (χ2v) is 4.84. The molecule has 0 radical (unpaired) electrons. The number of benzene rings is 2. The van der Waals surface area contributed by atoms with E-state index in [9.17, 15) is 14.0 Å². The maximum Gasteiger partial charge on any atom is 0.278 e. The normalized spacial score (nSPS) is 10.7. The van der Waals surface area contributed by atoms with Crippen molar-refractivity contribution < 1.29 is 13.9 Å². The summed E-state index contributed by atoms with van der Waals surface area (Å²) in [7, 11) is 1.38. The number of carbonyl (C=O) groups is 1. The zero-order chi connectivity index (χ0) is 16.4. The molecule has 116 valence electrons. The topological polar surface area (TPSA) is 74.1 Å². The molecule has 3 rings (SSSR count). The molecule has 0 unspecified atom stereocenters. The van der Waals surface area contributed by atoms with Crippen LogP contribution in [0.15, 0.2) is 47.3 Å². The van der Waals surface area contributed by atoms with Crippen LogP contribution in [0.5, 0.6) is 5.75 Å². The number of carbonyl (C=O) groups excluding carboxylic acids is 1. The summed E-state index contributed by atoms with van der Waals surface area (Å²) in [5, 5.41) is 8.02. The van der Waals surface area contributed by atoms with Crippen LogP contribution in [0, 0.1) is 5.82 Å². The van der Waals surface area contributed by atoms with Gasteiger partial charge in [-0.1, -0.05) is 17.3 Å². The molecule has 0 fully saturated rings. The summed E-state index contributed by atoms with van der Waals surface area (Å²) < 4.78 is 19.4. The van der Waals surface area contributed by atoms with Crippen LogP contribution in [0.25, 0.3) is 10.9 Å². The Morgan fingerprint density at radius 3 is 2.83 bits per heavy atom. The SMILES string of the molecule is COc1ccc(F)cc1C(=O)Cn1nnc2ccccc2c1=O. The quantitative estimate of drug-likeness (QED) is 0.687. The number of rotatable bonds is 4. The first kappa shape index (κ1) is 14.8. The van der Waals surface area contributed by atoms with Crippen LogP contribution in [0.2, 0.25) is 0 Å². The molecule has 7 heteroatoms. The maximum absolute atomic E-state index is 13.4. The number of halogens is 1. The van der Waals surface area contributed by atoms with E-state index >= 15 is 0 Å². The summed E-state index contributed by atoms with van der Waals surface area (Å²) in [5.41, 5.74) is 0.0678.